The zero-order valence-corrected chi connectivity index (χ0v) is 28.1. The van der Waals surface area contributed by atoms with Crippen LogP contribution in [0, 0.1) is 20.8 Å². The smallest absolute Gasteiger partial charge is 0.270 e. The Balaban J connectivity index is 1.77. The van der Waals surface area contributed by atoms with E-state index in [4.69, 9.17) is 17.1 Å². The number of carbonyl (C=O) groups excluding carboxylic acids is 1. The van der Waals surface area contributed by atoms with Crippen molar-refractivity contribution in [1.29, 1.82) is 0 Å². The van der Waals surface area contributed by atoms with Gasteiger partial charge in [-0.2, -0.15) is 0 Å². The Labute approximate surface area is 273 Å². The van der Waals surface area contributed by atoms with E-state index in [0.29, 0.717) is 32.2 Å². The highest BCUT2D eigenvalue weighted by atomic mass is 35.5. The summed E-state index contributed by atoms with van der Waals surface area (Å²) in [5, 5.41) is 13.6. The Morgan fingerprint density at radius 1 is 1.16 bits per heavy atom. The molecule has 1 fully saturated rings. The van der Waals surface area contributed by atoms with Gasteiger partial charge in [-0.25, -0.2) is 15.0 Å². The Kier molecular flexibility index (Phi) is 7.99. The Morgan fingerprint density at radius 2 is 1.81 bits per heavy atom. The molecular weight excluding hydrogens is 582 g/mol. The minimum Gasteiger partial charge on any atom is -0.395 e. The second-order valence-electron chi connectivity index (χ2n) is 11.4. The standard InChI is InChI=1S/C32H46ClN7O2S/c1-17(2)27-22(8)19(5)13-24(33)28(27)38(10)31(42)29-23(9)34-32(43-29)36-25-14-26(37-30(35-25)18(3)4)40-20(6)15-39(11-12-41)16-21(40)7/h13-14,17-18,20-21,41H,11-12,15-16H2,1-10H3,(H,34,35,36,37)/i15D2,16D2,20D,21D. The minimum atomic E-state index is -2.65. The highest BCUT2D eigenvalue weighted by Crippen LogP contribution is 2.40. The molecule has 9 nitrogen and oxygen atoms in total. The number of carbonyl (C=O) groups is 1. The van der Waals surface area contributed by atoms with Crippen LogP contribution in [0.4, 0.5) is 22.5 Å². The van der Waals surface area contributed by atoms with E-state index in [1.165, 1.54) is 19.9 Å². The van der Waals surface area contributed by atoms with Gasteiger partial charge in [-0.05, 0) is 63.3 Å². The summed E-state index contributed by atoms with van der Waals surface area (Å²) in [6.45, 7) is 9.79. The van der Waals surface area contributed by atoms with Gasteiger partial charge in [-0.1, -0.05) is 50.6 Å². The Morgan fingerprint density at radius 3 is 2.40 bits per heavy atom. The number of nitrogens with zero attached hydrogens (tertiary/aromatic N) is 6. The van der Waals surface area contributed by atoms with E-state index in [2.05, 4.69) is 34.1 Å². The van der Waals surface area contributed by atoms with E-state index in [9.17, 15) is 12.6 Å². The largest absolute Gasteiger partial charge is 0.395 e. The fourth-order valence-corrected chi connectivity index (χ4v) is 6.50. The van der Waals surface area contributed by atoms with Crippen LogP contribution in [0.5, 0.6) is 0 Å². The molecule has 0 radical (unpaired) electrons. The van der Waals surface area contributed by atoms with Crippen molar-refractivity contribution in [3.8, 4) is 0 Å². The van der Waals surface area contributed by atoms with Gasteiger partial charge in [-0.15, -0.1) is 0 Å². The quantitative estimate of drug-likeness (QED) is 0.270. The van der Waals surface area contributed by atoms with Crippen LogP contribution in [0.1, 0.15) is 99.5 Å². The first kappa shape index (κ1) is 25.5. The van der Waals surface area contributed by atoms with E-state index < -0.39 is 38.2 Å². The molecule has 0 saturated carbocycles. The highest BCUT2D eigenvalue weighted by Gasteiger charge is 2.31. The number of piperazine rings is 1. The van der Waals surface area contributed by atoms with Crippen molar-refractivity contribution in [3.05, 3.63) is 50.2 Å². The molecule has 11 heteroatoms. The van der Waals surface area contributed by atoms with Crippen LogP contribution in [0.15, 0.2) is 12.1 Å². The molecule has 2 atom stereocenters. The van der Waals surface area contributed by atoms with Crippen molar-refractivity contribution >= 4 is 51.3 Å². The molecule has 0 spiro atoms. The van der Waals surface area contributed by atoms with E-state index in [-0.39, 0.29) is 29.4 Å². The third-order valence-corrected chi connectivity index (χ3v) is 8.68. The van der Waals surface area contributed by atoms with Crippen molar-refractivity contribution in [3.63, 3.8) is 0 Å². The number of nitrogens with one attached hydrogen (secondary N) is 1. The van der Waals surface area contributed by atoms with E-state index >= 15 is 0 Å². The second kappa shape index (κ2) is 13.5. The number of amides is 1. The molecule has 1 aliphatic heterocycles. The number of aliphatic hydroxyl groups excluding tert-OH is 1. The molecule has 234 valence electrons. The van der Waals surface area contributed by atoms with Crippen molar-refractivity contribution in [2.45, 2.75) is 86.2 Å². The van der Waals surface area contributed by atoms with E-state index in [1.807, 2.05) is 33.8 Å². The van der Waals surface area contributed by atoms with Gasteiger partial charge in [0.25, 0.3) is 5.91 Å². The number of β-amino-alcohol motifs (C(OH)–C–C–N with tert-alkyl or cyclic N) is 1. The van der Waals surface area contributed by atoms with Gasteiger partial charge in [0.1, 0.15) is 22.3 Å². The third kappa shape index (κ3) is 6.98. The van der Waals surface area contributed by atoms with E-state index in [0.717, 1.165) is 37.8 Å². The monoisotopic (exact) mass is 633 g/mol. The van der Waals surface area contributed by atoms with Gasteiger partial charge in [0.05, 0.1) is 25.8 Å². The first-order valence-electron chi connectivity index (χ1n) is 17.3. The summed E-state index contributed by atoms with van der Waals surface area (Å²) in [5.74, 6) is 0.0632. The van der Waals surface area contributed by atoms with Gasteiger partial charge < -0.3 is 20.2 Å². The number of hydrogen-bond donors (Lipinski definition) is 2. The van der Waals surface area contributed by atoms with E-state index in [1.54, 1.807) is 18.9 Å². The SMILES string of the molecule is [2H]C1([2H])N(CCO)C([2H])([2H])C([2H])(C)N(c2cc(Nc3nc(C)c(C(=O)N(C)c4c(Cl)cc(C)c(C)c4C(C)C)s3)nc(C(C)C)n2)C1([2H])C. The molecule has 0 bridgehead atoms. The molecule has 0 aliphatic carbocycles. The molecule has 3 aromatic rings. The normalized spacial score (nSPS) is 25.5. The van der Waals surface area contributed by atoms with Gasteiger partial charge >= 0.3 is 0 Å². The van der Waals surface area contributed by atoms with Gasteiger partial charge in [0.15, 0.2) is 5.13 Å². The summed E-state index contributed by atoms with van der Waals surface area (Å²) in [5.41, 5.74) is 4.23. The average Bonchev–Trinajstić information content (AvgIpc) is 3.34. The molecule has 2 unspecified atom stereocenters. The van der Waals surface area contributed by atoms with Crippen LogP contribution < -0.4 is 15.1 Å². The lowest BCUT2D eigenvalue weighted by Crippen LogP contribution is -2.57. The van der Waals surface area contributed by atoms with Crippen molar-refractivity contribution in [1.82, 2.24) is 19.9 Å². The first-order chi connectivity index (χ1) is 22.4. The molecule has 1 aliphatic rings. The third-order valence-electron chi connectivity index (χ3n) is 7.33. The number of aryl methyl sites for hydroxylation is 2. The highest BCUT2D eigenvalue weighted by molar-refractivity contribution is 7.17. The molecule has 1 amide bonds. The average molecular weight is 634 g/mol. The number of anilines is 4. The summed E-state index contributed by atoms with van der Waals surface area (Å²) < 4.78 is 53.7. The Bertz CT molecular complexity index is 1720. The minimum absolute atomic E-state index is 0.0393. The number of halogens is 1. The second-order valence-corrected chi connectivity index (χ2v) is 12.8. The molecule has 1 saturated heterocycles. The van der Waals surface area contributed by atoms with Crippen LogP contribution in [-0.2, 0) is 0 Å². The van der Waals surface area contributed by atoms with Gasteiger partial charge in [0, 0.05) is 56.1 Å². The van der Waals surface area contributed by atoms with Gasteiger partial charge in [0.2, 0.25) is 0 Å². The van der Waals surface area contributed by atoms with Crippen molar-refractivity contribution in [2.24, 2.45) is 0 Å². The number of aromatic nitrogens is 3. The summed E-state index contributed by atoms with van der Waals surface area (Å²) in [6, 6.07) is -1.19. The number of rotatable bonds is 9. The lowest BCUT2D eigenvalue weighted by Gasteiger charge is -2.45. The van der Waals surface area contributed by atoms with Crippen molar-refractivity contribution < 1.29 is 18.1 Å². The number of benzene rings is 1. The van der Waals surface area contributed by atoms with Crippen LogP contribution in [0.2, 0.25) is 5.02 Å². The number of thiazole rings is 1. The summed E-state index contributed by atoms with van der Waals surface area (Å²) >= 11 is 7.84. The number of aliphatic hydroxyl groups is 1. The zero-order chi connectivity index (χ0) is 37.2. The first-order valence-corrected chi connectivity index (χ1v) is 15.5. The molecular formula is C32H46ClN7O2S. The molecule has 4 rings (SSSR count). The van der Waals surface area contributed by atoms with Gasteiger partial charge in [-0.3, -0.25) is 9.69 Å². The van der Waals surface area contributed by atoms with Crippen LogP contribution >= 0.6 is 22.9 Å². The molecule has 43 heavy (non-hydrogen) atoms. The maximum absolute atomic E-state index is 13.9. The molecule has 3 heterocycles. The van der Waals surface area contributed by atoms with Crippen molar-refractivity contribution in [2.75, 3.05) is 48.3 Å². The van der Waals surface area contributed by atoms with Crippen LogP contribution in [0.3, 0.4) is 0 Å². The van der Waals surface area contributed by atoms with Crippen LogP contribution in [-0.4, -0.2) is 76.1 Å². The molecule has 2 N–H and O–H groups in total. The fraction of sp³-hybridized carbons (Fsp3) is 0.562. The molecule has 2 aromatic heterocycles. The maximum atomic E-state index is 13.9. The lowest BCUT2D eigenvalue weighted by molar-refractivity contribution is 0.0996. The lowest BCUT2D eigenvalue weighted by atomic mass is 9.92. The predicted octanol–water partition coefficient (Wildman–Crippen LogP) is 6.67. The fourth-order valence-electron chi connectivity index (χ4n) is 5.16. The molecule has 1 aromatic carbocycles. The predicted molar refractivity (Wildman–Crippen MR) is 179 cm³/mol. The zero-order valence-electron chi connectivity index (χ0n) is 32.5. The summed E-state index contributed by atoms with van der Waals surface area (Å²) in [4.78, 5) is 31.4. The summed E-state index contributed by atoms with van der Waals surface area (Å²) in [6.07, 6.45) is 0. The summed E-state index contributed by atoms with van der Waals surface area (Å²) in [7, 11) is 1.69. The number of hydrogen-bond acceptors (Lipinski definition) is 9. The van der Waals surface area contributed by atoms with Crippen LogP contribution in [0.25, 0.3) is 0 Å². The topological polar surface area (TPSA) is 97.7 Å². The maximum Gasteiger partial charge on any atom is 0.270 e. The Hall–Kier alpha value is -2.79.